The minimum absolute atomic E-state index is 0.0377. The minimum atomic E-state index is -0.815. The molecule has 2 rings (SSSR count). The topological polar surface area (TPSA) is 55.5 Å². The first-order chi connectivity index (χ1) is 9.05. The van der Waals surface area contributed by atoms with Gasteiger partial charge in [-0.3, -0.25) is 0 Å². The maximum Gasteiger partial charge on any atom is 0.167 e. The first-order valence-corrected chi connectivity index (χ1v) is 6.55. The maximum absolute atomic E-state index is 13.3. The lowest BCUT2D eigenvalue weighted by molar-refractivity contribution is 0.00341. The van der Waals surface area contributed by atoms with E-state index in [4.69, 9.17) is 10.5 Å². The molecule has 1 saturated carbocycles. The van der Waals surface area contributed by atoms with Gasteiger partial charge in [-0.1, -0.05) is 6.42 Å². The van der Waals surface area contributed by atoms with Crippen molar-refractivity contribution >= 4 is 0 Å². The van der Waals surface area contributed by atoms with Crippen molar-refractivity contribution in [1.82, 2.24) is 0 Å². The molecule has 1 aliphatic carbocycles. The van der Waals surface area contributed by atoms with Gasteiger partial charge in [0.05, 0.1) is 12.2 Å². The summed E-state index contributed by atoms with van der Waals surface area (Å²) >= 11 is 0. The van der Waals surface area contributed by atoms with Crippen LogP contribution in [0.4, 0.5) is 8.78 Å². The van der Waals surface area contributed by atoms with E-state index in [9.17, 15) is 13.9 Å². The first-order valence-electron chi connectivity index (χ1n) is 6.55. The molecule has 3 nitrogen and oxygen atoms in total. The number of aliphatic hydroxyl groups is 1. The predicted octanol–water partition coefficient (Wildman–Crippen LogP) is 2.22. The van der Waals surface area contributed by atoms with Crippen molar-refractivity contribution in [3.8, 4) is 5.75 Å². The van der Waals surface area contributed by atoms with Crippen LogP contribution in [0.2, 0.25) is 0 Å². The molecule has 0 spiro atoms. The molecule has 0 aliphatic heterocycles. The van der Waals surface area contributed by atoms with E-state index in [-0.39, 0.29) is 24.8 Å². The predicted molar refractivity (Wildman–Crippen MR) is 67.8 cm³/mol. The lowest BCUT2D eigenvalue weighted by Gasteiger charge is -2.28. The van der Waals surface area contributed by atoms with Crippen molar-refractivity contribution in [2.75, 3.05) is 13.2 Å². The second-order valence-electron chi connectivity index (χ2n) is 5.11. The fourth-order valence-corrected chi connectivity index (χ4v) is 2.71. The van der Waals surface area contributed by atoms with Crippen LogP contribution in [0.1, 0.15) is 25.7 Å². The zero-order valence-corrected chi connectivity index (χ0v) is 10.7. The van der Waals surface area contributed by atoms with Crippen LogP contribution in [0.3, 0.4) is 0 Å². The van der Waals surface area contributed by atoms with Gasteiger partial charge >= 0.3 is 0 Å². The van der Waals surface area contributed by atoms with E-state index in [0.29, 0.717) is 12.8 Å². The molecule has 1 aromatic rings. The van der Waals surface area contributed by atoms with E-state index in [1.54, 1.807) is 0 Å². The second kappa shape index (κ2) is 5.84. The van der Waals surface area contributed by atoms with Gasteiger partial charge < -0.3 is 15.6 Å². The molecule has 0 radical (unpaired) electrons. The van der Waals surface area contributed by atoms with E-state index in [1.807, 2.05) is 0 Å². The number of rotatable bonds is 5. The molecule has 1 aliphatic rings. The van der Waals surface area contributed by atoms with Crippen LogP contribution in [0, 0.1) is 17.6 Å². The first kappa shape index (κ1) is 14.2. The summed E-state index contributed by atoms with van der Waals surface area (Å²) in [6.45, 7) is 0.526. The van der Waals surface area contributed by atoms with Crippen molar-refractivity contribution in [2.45, 2.75) is 31.3 Å². The van der Waals surface area contributed by atoms with E-state index < -0.39 is 17.2 Å². The van der Waals surface area contributed by atoms with Gasteiger partial charge in [-0.15, -0.1) is 0 Å². The second-order valence-corrected chi connectivity index (χ2v) is 5.11. The van der Waals surface area contributed by atoms with Crippen LogP contribution < -0.4 is 10.5 Å². The lowest BCUT2D eigenvalue weighted by Crippen LogP contribution is -2.41. The zero-order chi connectivity index (χ0) is 13.9. The van der Waals surface area contributed by atoms with E-state index in [1.165, 1.54) is 6.07 Å². The summed E-state index contributed by atoms with van der Waals surface area (Å²) in [5, 5.41) is 10.2. The van der Waals surface area contributed by atoms with Crippen molar-refractivity contribution < 1.29 is 18.6 Å². The number of halogens is 2. The average Bonchev–Trinajstić information content (AvgIpc) is 2.74. The van der Waals surface area contributed by atoms with E-state index in [0.717, 1.165) is 25.0 Å². The standard InChI is InChI=1S/C14H19F2NO2/c15-11-3-4-13(12(16)8-11)19-7-5-10-2-1-6-14(10,18)9-17/h3-4,8,10,18H,1-2,5-7,9,17H2. The summed E-state index contributed by atoms with van der Waals surface area (Å²) in [7, 11) is 0. The largest absolute Gasteiger partial charge is 0.491 e. The number of nitrogens with two attached hydrogens (primary N) is 1. The van der Waals surface area contributed by atoms with Crippen LogP contribution in [0.25, 0.3) is 0 Å². The molecule has 3 N–H and O–H groups in total. The molecule has 5 heteroatoms. The Morgan fingerprint density at radius 3 is 2.89 bits per heavy atom. The lowest BCUT2D eigenvalue weighted by atomic mass is 9.88. The Kier molecular flexibility index (Phi) is 4.37. The summed E-state index contributed by atoms with van der Waals surface area (Å²) in [6.07, 6.45) is 3.18. The Hall–Kier alpha value is -1.20. The van der Waals surface area contributed by atoms with Gasteiger partial charge in [-0.25, -0.2) is 8.78 Å². The number of ether oxygens (including phenoxy) is 1. The number of benzene rings is 1. The third-order valence-corrected chi connectivity index (χ3v) is 3.89. The fraction of sp³-hybridized carbons (Fsp3) is 0.571. The smallest absolute Gasteiger partial charge is 0.167 e. The normalized spacial score (nSPS) is 26.6. The highest BCUT2D eigenvalue weighted by Crippen LogP contribution is 2.37. The van der Waals surface area contributed by atoms with Gasteiger partial charge in [0.2, 0.25) is 0 Å². The number of hydrogen-bond acceptors (Lipinski definition) is 3. The van der Waals surface area contributed by atoms with Crippen LogP contribution in [-0.2, 0) is 0 Å². The Morgan fingerprint density at radius 1 is 1.42 bits per heavy atom. The van der Waals surface area contributed by atoms with Crippen molar-refractivity contribution in [2.24, 2.45) is 11.7 Å². The summed E-state index contributed by atoms with van der Waals surface area (Å²) in [4.78, 5) is 0. The molecular weight excluding hydrogens is 252 g/mol. The Labute approximate surface area is 111 Å². The van der Waals surface area contributed by atoms with Gasteiger partial charge in [-0.2, -0.15) is 0 Å². The summed E-state index contributed by atoms with van der Waals surface area (Å²) in [6, 6.07) is 3.22. The molecule has 2 unspecified atom stereocenters. The van der Waals surface area contributed by atoms with Crippen molar-refractivity contribution in [1.29, 1.82) is 0 Å². The van der Waals surface area contributed by atoms with Crippen molar-refractivity contribution in [3.63, 3.8) is 0 Å². The molecule has 0 bridgehead atoms. The third kappa shape index (κ3) is 3.22. The van der Waals surface area contributed by atoms with Gasteiger partial charge in [0.1, 0.15) is 5.82 Å². The average molecular weight is 271 g/mol. The molecule has 106 valence electrons. The highest BCUT2D eigenvalue weighted by atomic mass is 19.1. The van der Waals surface area contributed by atoms with Crippen LogP contribution in [-0.4, -0.2) is 23.9 Å². The van der Waals surface area contributed by atoms with E-state index in [2.05, 4.69) is 0 Å². The monoisotopic (exact) mass is 271 g/mol. The fourth-order valence-electron chi connectivity index (χ4n) is 2.71. The van der Waals surface area contributed by atoms with E-state index >= 15 is 0 Å². The Bertz CT molecular complexity index is 441. The third-order valence-electron chi connectivity index (χ3n) is 3.89. The molecule has 1 fully saturated rings. The van der Waals surface area contributed by atoms with Gasteiger partial charge in [0.25, 0.3) is 0 Å². The van der Waals surface area contributed by atoms with Crippen LogP contribution >= 0.6 is 0 Å². The molecule has 1 aromatic carbocycles. The minimum Gasteiger partial charge on any atom is -0.491 e. The van der Waals surface area contributed by atoms with Crippen LogP contribution in [0.5, 0.6) is 5.75 Å². The highest BCUT2D eigenvalue weighted by Gasteiger charge is 2.39. The molecular formula is C14H19F2NO2. The molecule has 0 amide bonds. The molecule has 0 heterocycles. The quantitative estimate of drug-likeness (QED) is 0.863. The Morgan fingerprint density at radius 2 is 2.21 bits per heavy atom. The summed E-state index contributed by atoms with van der Waals surface area (Å²) in [5.74, 6) is -1.21. The Balaban J connectivity index is 1.86. The zero-order valence-electron chi connectivity index (χ0n) is 10.7. The van der Waals surface area contributed by atoms with Crippen molar-refractivity contribution in [3.05, 3.63) is 29.8 Å². The molecule has 2 atom stereocenters. The highest BCUT2D eigenvalue weighted by molar-refractivity contribution is 5.24. The van der Waals surface area contributed by atoms with Gasteiger partial charge in [0.15, 0.2) is 11.6 Å². The van der Waals surface area contributed by atoms with Crippen LogP contribution in [0.15, 0.2) is 18.2 Å². The van der Waals surface area contributed by atoms with Gasteiger partial charge in [0, 0.05) is 12.6 Å². The molecule has 0 aromatic heterocycles. The number of hydrogen-bond donors (Lipinski definition) is 2. The van der Waals surface area contributed by atoms with Gasteiger partial charge in [-0.05, 0) is 37.3 Å². The maximum atomic E-state index is 13.3. The SMILES string of the molecule is NCC1(O)CCCC1CCOc1ccc(F)cc1F. The molecule has 0 saturated heterocycles. The summed E-state index contributed by atoms with van der Waals surface area (Å²) < 4.78 is 31.4. The summed E-state index contributed by atoms with van der Waals surface area (Å²) in [5.41, 5.74) is 4.77. The molecule has 19 heavy (non-hydrogen) atoms.